The molecule has 88 valence electrons. The number of halogens is 1. The maximum atomic E-state index is 11.3. The number of fused-ring (bicyclic) bond motifs is 1. The summed E-state index contributed by atoms with van der Waals surface area (Å²) < 4.78 is 9.80. The van der Waals surface area contributed by atoms with Crippen LogP contribution < -0.4 is 4.74 Å². The molecule has 4 nitrogen and oxygen atoms in total. The summed E-state index contributed by atoms with van der Waals surface area (Å²) in [6.07, 6.45) is 1.55. The highest BCUT2D eigenvalue weighted by atomic mass is 35.5. The lowest BCUT2D eigenvalue weighted by atomic mass is 10.1. The van der Waals surface area contributed by atoms with Gasteiger partial charge in [0.1, 0.15) is 11.4 Å². The van der Waals surface area contributed by atoms with Gasteiger partial charge in [-0.2, -0.15) is 0 Å². The topological polar surface area (TPSA) is 48.4 Å². The van der Waals surface area contributed by atoms with Gasteiger partial charge in [0.25, 0.3) is 0 Å². The van der Waals surface area contributed by atoms with Gasteiger partial charge in [0.05, 0.1) is 19.2 Å². The molecule has 0 aliphatic carbocycles. The van der Waals surface area contributed by atoms with Gasteiger partial charge in [0, 0.05) is 11.6 Å². The molecule has 0 atom stereocenters. The van der Waals surface area contributed by atoms with E-state index in [1.807, 2.05) is 0 Å². The molecule has 0 bridgehead atoms. The SMILES string of the molecule is COC(=O)c1cc2ccc(Cl)c(OC)c2cn1. The molecule has 5 heteroatoms. The van der Waals surface area contributed by atoms with Crippen molar-refractivity contribution in [2.45, 2.75) is 0 Å². The van der Waals surface area contributed by atoms with Crippen LogP contribution in [0.1, 0.15) is 10.5 Å². The standard InChI is InChI=1S/C12H10ClNO3/c1-16-11-8-6-14-10(12(15)17-2)5-7(8)3-4-9(11)13/h3-6H,1-2H3. The number of pyridine rings is 1. The first-order valence-electron chi connectivity index (χ1n) is 4.88. The Morgan fingerprint density at radius 1 is 1.35 bits per heavy atom. The van der Waals surface area contributed by atoms with Gasteiger partial charge < -0.3 is 9.47 Å². The molecule has 0 unspecified atom stereocenters. The molecule has 2 rings (SSSR count). The summed E-state index contributed by atoms with van der Waals surface area (Å²) in [6.45, 7) is 0. The molecule has 1 heterocycles. The summed E-state index contributed by atoms with van der Waals surface area (Å²) in [4.78, 5) is 15.4. The zero-order chi connectivity index (χ0) is 12.4. The van der Waals surface area contributed by atoms with E-state index >= 15 is 0 Å². The number of esters is 1. The van der Waals surface area contributed by atoms with Crippen molar-refractivity contribution < 1.29 is 14.3 Å². The van der Waals surface area contributed by atoms with E-state index in [1.165, 1.54) is 14.2 Å². The highest BCUT2D eigenvalue weighted by Crippen LogP contribution is 2.32. The molecule has 0 saturated heterocycles. The van der Waals surface area contributed by atoms with E-state index < -0.39 is 5.97 Å². The molecule has 0 fully saturated rings. The van der Waals surface area contributed by atoms with Crippen LogP contribution in [0.4, 0.5) is 0 Å². The molecule has 0 aliphatic rings. The van der Waals surface area contributed by atoms with E-state index in [2.05, 4.69) is 9.72 Å². The van der Waals surface area contributed by atoms with Crippen LogP contribution in [0.25, 0.3) is 10.8 Å². The second-order valence-electron chi connectivity index (χ2n) is 3.36. The van der Waals surface area contributed by atoms with Gasteiger partial charge in [-0.15, -0.1) is 0 Å². The van der Waals surface area contributed by atoms with Crippen LogP contribution in [-0.2, 0) is 4.74 Å². The molecule has 0 radical (unpaired) electrons. The average Bonchev–Trinajstić information content (AvgIpc) is 2.37. The Hall–Kier alpha value is -1.81. The fraction of sp³-hybridized carbons (Fsp3) is 0.167. The Balaban J connectivity index is 2.65. The van der Waals surface area contributed by atoms with Gasteiger partial charge in [0.15, 0.2) is 0 Å². The van der Waals surface area contributed by atoms with Gasteiger partial charge >= 0.3 is 5.97 Å². The van der Waals surface area contributed by atoms with E-state index in [1.54, 1.807) is 24.4 Å². The second-order valence-corrected chi connectivity index (χ2v) is 3.77. The van der Waals surface area contributed by atoms with Crippen LogP contribution in [0.2, 0.25) is 5.02 Å². The number of ether oxygens (including phenoxy) is 2. The van der Waals surface area contributed by atoms with Gasteiger partial charge in [0.2, 0.25) is 0 Å². The minimum Gasteiger partial charge on any atom is -0.494 e. The first kappa shape index (κ1) is 11.7. The molecule has 0 saturated carbocycles. The summed E-state index contributed by atoms with van der Waals surface area (Å²) in [7, 11) is 2.85. The maximum absolute atomic E-state index is 11.3. The van der Waals surface area contributed by atoms with Gasteiger partial charge in [-0.1, -0.05) is 17.7 Å². The molecule has 0 aliphatic heterocycles. The fourth-order valence-electron chi connectivity index (χ4n) is 1.59. The highest BCUT2D eigenvalue weighted by molar-refractivity contribution is 6.33. The number of aromatic nitrogens is 1. The lowest BCUT2D eigenvalue weighted by Gasteiger charge is -2.07. The number of hydrogen-bond acceptors (Lipinski definition) is 4. The lowest BCUT2D eigenvalue weighted by Crippen LogP contribution is -2.03. The molecule has 1 aromatic carbocycles. The number of benzene rings is 1. The first-order chi connectivity index (χ1) is 8.17. The Kier molecular flexibility index (Phi) is 3.15. The van der Waals surface area contributed by atoms with E-state index in [-0.39, 0.29) is 5.69 Å². The molecule has 0 amide bonds. The molecule has 0 N–H and O–H groups in total. The highest BCUT2D eigenvalue weighted by Gasteiger charge is 2.11. The zero-order valence-electron chi connectivity index (χ0n) is 9.36. The summed E-state index contributed by atoms with van der Waals surface area (Å²) in [5.41, 5.74) is 0.254. The quantitative estimate of drug-likeness (QED) is 0.770. The second kappa shape index (κ2) is 4.59. The number of nitrogens with zero attached hydrogens (tertiary/aromatic N) is 1. The average molecular weight is 252 g/mol. The molecular weight excluding hydrogens is 242 g/mol. The van der Waals surface area contributed by atoms with Gasteiger partial charge in [-0.25, -0.2) is 9.78 Å². The number of hydrogen-bond donors (Lipinski definition) is 0. The predicted molar refractivity (Wildman–Crippen MR) is 64.6 cm³/mol. The molecule has 1 aromatic heterocycles. The van der Waals surface area contributed by atoms with Crippen LogP contribution in [0, 0.1) is 0 Å². The molecule has 17 heavy (non-hydrogen) atoms. The molecule has 0 spiro atoms. The minimum absolute atomic E-state index is 0.254. The van der Waals surface area contributed by atoms with E-state index in [4.69, 9.17) is 16.3 Å². The lowest BCUT2D eigenvalue weighted by molar-refractivity contribution is 0.0594. The molecular formula is C12H10ClNO3. The van der Waals surface area contributed by atoms with Crippen LogP contribution in [-0.4, -0.2) is 25.2 Å². The normalized spacial score (nSPS) is 10.3. The van der Waals surface area contributed by atoms with Crippen molar-refractivity contribution in [1.29, 1.82) is 0 Å². The van der Waals surface area contributed by atoms with Gasteiger partial charge in [-0.05, 0) is 17.5 Å². The predicted octanol–water partition coefficient (Wildman–Crippen LogP) is 2.68. The third-order valence-corrected chi connectivity index (χ3v) is 2.70. The smallest absolute Gasteiger partial charge is 0.356 e. The van der Waals surface area contributed by atoms with Gasteiger partial charge in [-0.3, -0.25) is 0 Å². The summed E-state index contributed by atoms with van der Waals surface area (Å²) in [5, 5.41) is 2.09. The summed E-state index contributed by atoms with van der Waals surface area (Å²) >= 11 is 5.99. The fourth-order valence-corrected chi connectivity index (χ4v) is 1.83. The maximum Gasteiger partial charge on any atom is 0.356 e. The zero-order valence-corrected chi connectivity index (χ0v) is 10.1. The molecule has 2 aromatic rings. The van der Waals surface area contributed by atoms with E-state index in [0.29, 0.717) is 10.8 Å². The van der Waals surface area contributed by atoms with E-state index in [0.717, 1.165) is 10.8 Å². The Labute approximate surface area is 103 Å². The van der Waals surface area contributed by atoms with Crippen molar-refractivity contribution in [3.63, 3.8) is 0 Å². The monoisotopic (exact) mass is 251 g/mol. The first-order valence-corrected chi connectivity index (χ1v) is 5.25. The van der Waals surface area contributed by atoms with Crippen LogP contribution in [0.5, 0.6) is 5.75 Å². The van der Waals surface area contributed by atoms with Crippen molar-refractivity contribution in [3.05, 3.63) is 35.1 Å². The van der Waals surface area contributed by atoms with Crippen molar-refractivity contribution in [2.24, 2.45) is 0 Å². The third kappa shape index (κ3) is 2.03. The van der Waals surface area contributed by atoms with E-state index in [9.17, 15) is 4.79 Å². The van der Waals surface area contributed by atoms with Crippen LogP contribution >= 0.6 is 11.6 Å². The van der Waals surface area contributed by atoms with Crippen molar-refractivity contribution >= 4 is 28.3 Å². The van der Waals surface area contributed by atoms with Crippen molar-refractivity contribution in [1.82, 2.24) is 4.98 Å². The minimum atomic E-state index is -0.471. The summed E-state index contributed by atoms with van der Waals surface area (Å²) in [5.74, 6) is 0.0777. The number of carbonyl (C=O) groups is 1. The van der Waals surface area contributed by atoms with Crippen molar-refractivity contribution in [3.8, 4) is 5.75 Å². The Morgan fingerprint density at radius 3 is 2.76 bits per heavy atom. The van der Waals surface area contributed by atoms with Crippen LogP contribution in [0.15, 0.2) is 24.4 Å². The third-order valence-electron chi connectivity index (χ3n) is 2.41. The number of methoxy groups -OCH3 is 2. The van der Waals surface area contributed by atoms with Crippen LogP contribution in [0.3, 0.4) is 0 Å². The largest absolute Gasteiger partial charge is 0.494 e. The Bertz CT molecular complexity index is 583. The Morgan fingerprint density at radius 2 is 2.12 bits per heavy atom. The summed E-state index contributed by atoms with van der Waals surface area (Å²) in [6, 6.07) is 5.15. The number of carbonyl (C=O) groups excluding carboxylic acids is 1. The van der Waals surface area contributed by atoms with Crippen molar-refractivity contribution in [2.75, 3.05) is 14.2 Å². The number of rotatable bonds is 2.